The predicted molar refractivity (Wildman–Crippen MR) is 63.7 cm³/mol. The van der Waals surface area contributed by atoms with Gasteiger partial charge in [-0.2, -0.15) is 0 Å². The number of aryl methyl sites for hydroxylation is 1. The van der Waals surface area contributed by atoms with E-state index >= 15 is 0 Å². The van der Waals surface area contributed by atoms with Gasteiger partial charge in [-0.3, -0.25) is 0 Å². The molecule has 0 saturated carbocycles. The van der Waals surface area contributed by atoms with Crippen LogP contribution in [0.4, 0.5) is 11.4 Å². The molecule has 0 bridgehead atoms. The minimum absolute atomic E-state index is 0.567. The van der Waals surface area contributed by atoms with Gasteiger partial charge < -0.3 is 10.6 Å². The molecule has 1 aromatic carbocycles. The normalized spacial score (nSPS) is 12.6. The summed E-state index contributed by atoms with van der Waals surface area (Å²) in [6, 6.07) is 6.64. The lowest BCUT2D eigenvalue weighted by Crippen LogP contribution is -2.28. The second kappa shape index (κ2) is 4.36. The van der Waals surface area contributed by atoms with Crippen molar-refractivity contribution in [2.75, 3.05) is 17.7 Å². The molecule has 0 saturated heterocycles. The lowest BCUT2D eigenvalue weighted by molar-refractivity contribution is 0.662. The second-order valence-electron chi connectivity index (χ2n) is 3.91. The van der Waals surface area contributed by atoms with Crippen molar-refractivity contribution in [3.63, 3.8) is 0 Å². The van der Waals surface area contributed by atoms with E-state index in [0.29, 0.717) is 6.04 Å². The van der Waals surface area contributed by atoms with E-state index in [1.54, 1.807) is 0 Å². The third-order valence-corrected chi connectivity index (χ3v) is 2.85. The largest absolute Gasteiger partial charge is 0.399 e. The Bertz CT molecular complexity index is 307. The molecule has 2 N–H and O–H groups in total. The highest BCUT2D eigenvalue weighted by Crippen LogP contribution is 2.23. The summed E-state index contributed by atoms with van der Waals surface area (Å²) in [5.74, 6) is 0. The van der Waals surface area contributed by atoms with Crippen molar-refractivity contribution in [3.8, 4) is 0 Å². The molecule has 1 unspecified atom stereocenters. The average molecular weight is 192 g/mol. The Morgan fingerprint density at radius 3 is 2.57 bits per heavy atom. The SMILES string of the molecule is CCC(C)N(C)c1ccc(N)cc1C. The third-order valence-electron chi connectivity index (χ3n) is 2.85. The molecule has 1 rings (SSSR count). The molecule has 2 heteroatoms. The maximum absolute atomic E-state index is 5.72. The van der Waals surface area contributed by atoms with Crippen molar-refractivity contribution < 1.29 is 0 Å². The average Bonchev–Trinajstić information content (AvgIpc) is 2.15. The van der Waals surface area contributed by atoms with Crippen LogP contribution in [0.25, 0.3) is 0 Å². The van der Waals surface area contributed by atoms with E-state index in [-0.39, 0.29) is 0 Å². The standard InChI is InChI=1S/C12H20N2/c1-5-10(3)14(4)12-7-6-11(13)8-9(12)2/h6-8,10H,5,13H2,1-4H3. The topological polar surface area (TPSA) is 29.3 Å². The van der Waals surface area contributed by atoms with Gasteiger partial charge >= 0.3 is 0 Å². The molecule has 78 valence electrons. The molecule has 2 nitrogen and oxygen atoms in total. The molecule has 0 radical (unpaired) electrons. The zero-order valence-corrected chi connectivity index (χ0v) is 9.54. The van der Waals surface area contributed by atoms with Gasteiger partial charge in [-0.25, -0.2) is 0 Å². The first-order valence-electron chi connectivity index (χ1n) is 5.15. The quantitative estimate of drug-likeness (QED) is 0.746. The van der Waals surface area contributed by atoms with Crippen LogP contribution >= 0.6 is 0 Å². The molecule has 1 aromatic rings. The molecule has 0 fully saturated rings. The van der Waals surface area contributed by atoms with Crippen LogP contribution in [-0.2, 0) is 0 Å². The molecule has 0 heterocycles. The van der Waals surface area contributed by atoms with Crippen molar-refractivity contribution in [3.05, 3.63) is 23.8 Å². The summed E-state index contributed by atoms with van der Waals surface area (Å²) in [7, 11) is 2.13. The van der Waals surface area contributed by atoms with Crippen LogP contribution in [0.1, 0.15) is 25.8 Å². The maximum Gasteiger partial charge on any atom is 0.0397 e. The highest BCUT2D eigenvalue weighted by molar-refractivity contribution is 5.59. The monoisotopic (exact) mass is 192 g/mol. The zero-order valence-electron chi connectivity index (χ0n) is 9.54. The second-order valence-corrected chi connectivity index (χ2v) is 3.91. The van der Waals surface area contributed by atoms with Crippen LogP contribution in [0.2, 0.25) is 0 Å². The summed E-state index contributed by atoms with van der Waals surface area (Å²) in [6.45, 7) is 6.54. The van der Waals surface area contributed by atoms with Crippen molar-refractivity contribution in [1.29, 1.82) is 0 Å². The van der Waals surface area contributed by atoms with Crippen LogP contribution in [-0.4, -0.2) is 13.1 Å². The van der Waals surface area contributed by atoms with Gasteiger partial charge in [0.1, 0.15) is 0 Å². The summed E-state index contributed by atoms with van der Waals surface area (Å²) in [6.07, 6.45) is 1.15. The number of nitrogens with two attached hydrogens (primary N) is 1. The Kier molecular flexibility index (Phi) is 3.39. The van der Waals surface area contributed by atoms with Gasteiger partial charge in [-0.15, -0.1) is 0 Å². The van der Waals surface area contributed by atoms with Crippen molar-refractivity contribution in [1.82, 2.24) is 0 Å². The molecule has 0 aliphatic carbocycles. The Balaban J connectivity index is 2.95. The number of nitrogens with zero attached hydrogens (tertiary/aromatic N) is 1. The van der Waals surface area contributed by atoms with Crippen LogP contribution in [0.15, 0.2) is 18.2 Å². The molecule has 0 aliphatic heterocycles. The number of hydrogen-bond acceptors (Lipinski definition) is 2. The summed E-state index contributed by atoms with van der Waals surface area (Å²) >= 11 is 0. The Morgan fingerprint density at radius 1 is 1.43 bits per heavy atom. The minimum atomic E-state index is 0.567. The fourth-order valence-electron chi connectivity index (χ4n) is 1.59. The molecular weight excluding hydrogens is 172 g/mol. The van der Waals surface area contributed by atoms with Gasteiger partial charge in [-0.1, -0.05) is 6.92 Å². The van der Waals surface area contributed by atoms with E-state index in [1.807, 2.05) is 12.1 Å². The summed E-state index contributed by atoms with van der Waals surface area (Å²) < 4.78 is 0. The van der Waals surface area contributed by atoms with Crippen LogP contribution in [0.3, 0.4) is 0 Å². The highest BCUT2D eigenvalue weighted by Gasteiger charge is 2.09. The van der Waals surface area contributed by atoms with Gasteiger partial charge in [0.05, 0.1) is 0 Å². The zero-order chi connectivity index (χ0) is 10.7. The van der Waals surface area contributed by atoms with Crippen molar-refractivity contribution >= 4 is 11.4 Å². The maximum atomic E-state index is 5.72. The number of rotatable bonds is 3. The van der Waals surface area contributed by atoms with Gasteiger partial charge in [-0.05, 0) is 44.0 Å². The van der Waals surface area contributed by atoms with E-state index in [9.17, 15) is 0 Å². The Hall–Kier alpha value is -1.18. The van der Waals surface area contributed by atoms with Gasteiger partial charge in [0.2, 0.25) is 0 Å². The third kappa shape index (κ3) is 2.19. The van der Waals surface area contributed by atoms with Crippen LogP contribution < -0.4 is 10.6 Å². The number of hydrogen-bond donors (Lipinski definition) is 1. The summed E-state index contributed by atoms with van der Waals surface area (Å²) in [4.78, 5) is 2.30. The fraction of sp³-hybridized carbons (Fsp3) is 0.500. The van der Waals surface area contributed by atoms with E-state index in [4.69, 9.17) is 5.73 Å². The molecular formula is C12H20N2. The highest BCUT2D eigenvalue weighted by atomic mass is 15.1. The molecule has 0 aliphatic rings. The van der Waals surface area contributed by atoms with E-state index in [2.05, 4.69) is 38.8 Å². The lowest BCUT2D eigenvalue weighted by Gasteiger charge is -2.27. The number of nitrogen functional groups attached to an aromatic ring is 1. The number of benzene rings is 1. The first-order chi connectivity index (χ1) is 6.56. The first-order valence-corrected chi connectivity index (χ1v) is 5.15. The molecule has 1 atom stereocenters. The summed E-state index contributed by atoms with van der Waals surface area (Å²) in [5, 5.41) is 0. The van der Waals surface area contributed by atoms with Gasteiger partial charge in [0, 0.05) is 24.5 Å². The smallest absolute Gasteiger partial charge is 0.0397 e. The van der Waals surface area contributed by atoms with Crippen LogP contribution in [0.5, 0.6) is 0 Å². The Morgan fingerprint density at radius 2 is 2.07 bits per heavy atom. The van der Waals surface area contributed by atoms with Gasteiger partial charge in [0.25, 0.3) is 0 Å². The van der Waals surface area contributed by atoms with E-state index in [0.717, 1.165) is 12.1 Å². The van der Waals surface area contributed by atoms with Crippen molar-refractivity contribution in [2.45, 2.75) is 33.2 Å². The lowest BCUT2D eigenvalue weighted by atomic mass is 10.1. The fourth-order valence-corrected chi connectivity index (χ4v) is 1.59. The molecule has 0 aromatic heterocycles. The number of anilines is 2. The molecule has 14 heavy (non-hydrogen) atoms. The first kappa shape index (κ1) is 10.9. The van der Waals surface area contributed by atoms with Gasteiger partial charge in [0.15, 0.2) is 0 Å². The predicted octanol–water partition coefficient (Wildman–Crippen LogP) is 2.81. The Labute approximate surface area is 86.7 Å². The van der Waals surface area contributed by atoms with Crippen molar-refractivity contribution in [2.24, 2.45) is 0 Å². The molecule has 0 amide bonds. The van der Waals surface area contributed by atoms with E-state index in [1.165, 1.54) is 11.3 Å². The molecule has 0 spiro atoms. The minimum Gasteiger partial charge on any atom is -0.399 e. The van der Waals surface area contributed by atoms with Crippen LogP contribution in [0, 0.1) is 6.92 Å². The summed E-state index contributed by atoms with van der Waals surface area (Å²) in [5.41, 5.74) is 9.07. The van der Waals surface area contributed by atoms with E-state index < -0.39 is 0 Å².